The minimum atomic E-state index is -0.201. The first kappa shape index (κ1) is 22.1. The quantitative estimate of drug-likeness (QED) is 0.320. The molecule has 154 valence electrons. The van der Waals surface area contributed by atoms with Gasteiger partial charge in [-0.05, 0) is 89.3 Å². The van der Waals surface area contributed by atoms with Gasteiger partial charge < -0.3 is 19.5 Å². The monoisotopic (exact) mass is 534 g/mol. The summed E-state index contributed by atoms with van der Waals surface area (Å²) in [5.41, 5.74) is 1.54. The Labute approximate surface area is 193 Å². The minimum Gasteiger partial charge on any atom is -0.497 e. The van der Waals surface area contributed by atoms with Gasteiger partial charge in [0.25, 0.3) is 5.91 Å². The molecule has 2 aromatic rings. The molecule has 0 saturated carbocycles. The summed E-state index contributed by atoms with van der Waals surface area (Å²) < 4.78 is 17.3. The van der Waals surface area contributed by atoms with Crippen LogP contribution in [-0.4, -0.2) is 31.4 Å². The van der Waals surface area contributed by atoms with Gasteiger partial charge in [-0.2, -0.15) is 0 Å². The van der Waals surface area contributed by atoms with Crippen molar-refractivity contribution >= 4 is 57.2 Å². The number of thioether (sulfide) groups is 1. The van der Waals surface area contributed by atoms with Gasteiger partial charge in [0.2, 0.25) is 0 Å². The third kappa shape index (κ3) is 5.49. The molecule has 1 amide bonds. The minimum absolute atomic E-state index is 0.153. The van der Waals surface area contributed by atoms with Crippen LogP contribution < -0.4 is 19.5 Å². The van der Waals surface area contributed by atoms with Crippen molar-refractivity contribution in [3.63, 3.8) is 0 Å². The number of aliphatic imine (C=N–C) groups is 1. The Morgan fingerprint density at radius 1 is 1.27 bits per heavy atom. The maximum absolute atomic E-state index is 12.4. The third-order valence-electron chi connectivity index (χ3n) is 3.88. The number of rotatable bonds is 7. The number of hydrogen-bond acceptors (Lipinski definition) is 6. The molecule has 2 aromatic carbocycles. The zero-order valence-electron chi connectivity index (χ0n) is 16.4. The van der Waals surface area contributed by atoms with E-state index in [0.717, 1.165) is 20.6 Å². The predicted octanol–water partition coefficient (Wildman–Crippen LogP) is 4.60. The first-order valence-corrected chi connectivity index (χ1v) is 10.9. The van der Waals surface area contributed by atoms with Crippen molar-refractivity contribution in [2.24, 2.45) is 4.99 Å². The van der Waals surface area contributed by atoms with Crippen LogP contribution in [0.2, 0.25) is 0 Å². The molecule has 1 aliphatic heterocycles. The van der Waals surface area contributed by atoms with E-state index in [1.807, 2.05) is 43.3 Å². The number of amidine groups is 1. The Kier molecular flexibility index (Phi) is 7.65. The molecule has 0 atom stereocenters. The van der Waals surface area contributed by atoms with Crippen LogP contribution in [-0.2, 0) is 4.79 Å². The number of amides is 1. The van der Waals surface area contributed by atoms with Gasteiger partial charge in [0, 0.05) is 0 Å². The molecule has 0 aliphatic carbocycles. The standard InChI is InChI=1S/C22H19IN2O4S/c1-4-10-29-20-17(23)11-14(12-18(20)28-5-2)13-19-21(26)25-22(30-19)24-15-6-8-16(27-3)9-7-15/h1,6-9,11-13H,5,10H2,2-3H3,(H,24,25,26)/b19-13+. The molecule has 8 heteroatoms. The van der Waals surface area contributed by atoms with Crippen molar-refractivity contribution in [1.29, 1.82) is 0 Å². The number of nitrogens with one attached hydrogen (secondary N) is 1. The highest BCUT2D eigenvalue weighted by Gasteiger charge is 2.24. The number of halogens is 1. The zero-order valence-corrected chi connectivity index (χ0v) is 19.4. The van der Waals surface area contributed by atoms with Crippen molar-refractivity contribution in [2.45, 2.75) is 6.92 Å². The summed E-state index contributed by atoms with van der Waals surface area (Å²) in [6.07, 6.45) is 7.09. The number of carbonyl (C=O) groups excluding carboxylic acids is 1. The van der Waals surface area contributed by atoms with Crippen molar-refractivity contribution in [3.8, 4) is 29.6 Å². The smallest absolute Gasteiger partial charge is 0.264 e. The lowest BCUT2D eigenvalue weighted by atomic mass is 10.2. The van der Waals surface area contributed by atoms with E-state index in [4.69, 9.17) is 20.6 Å². The van der Waals surface area contributed by atoms with Crippen LogP contribution in [0.3, 0.4) is 0 Å². The SMILES string of the molecule is C#CCOc1c(I)cc(/C=C2/SC(=Nc3ccc(OC)cc3)NC2=O)cc1OCC. The lowest BCUT2D eigenvalue weighted by Gasteiger charge is -2.13. The van der Waals surface area contributed by atoms with Gasteiger partial charge in [-0.15, -0.1) is 6.42 Å². The van der Waals surface area contributed by atoms with Gasteiger partial charge in [0.05, 0.1) is 27.9 Å². The maximum Gasteiger partial charge on any atom is 0.264 e. The highest BCUT2D eigenvalue weighted by molar-refractivity contribution is 14.1. The summed E-state index contributed by atoms with van der Waals surface area (Å²) in [4.78, 5) is 17.4. The fourth-order valence-corrected chi connectivity index (χ4v) is 4.22. The fourth-order valence-electron chi connectivity index (χ4n) is 2.59. The van der Waals surface area contributed by atoms with Crippen molar-refractivity contribution in [3.05, 3.63) is 50.4 Å². The molecule has 0 unspecified atom stereocenters. The normalized spacial score (nSPS) is 15.7. The van der Waals surface area contributed by atoms with Gasteiger partial charge in [-0.3, -0.25) is 4.79 Å². The highest BCUT2D eigenvalue weighted by Crippen LogP contribution is 2.36. The molecule has 1 fully saturated rings. The molecule has 0 spiro atoms. The average Bonchev–Trinajstić information content (AvgIpc) is 3.07. The molecule has 0 aromatic heterocycles. The molecule has 6 nitrogen and oxygen atoms in total. The largest absolute Gasteiger partial charge is 0.497 e. The topological polar surface area (TPSA) is 69.2 Å². The predicted molar refractivity (Wildman–Crippen MR) is 128 cm³/mol. The summed E-state index contributed by atoms with van der Waals surface area (Å²) in [6, 6.07) is 11.0. The number of nitrogens with zero attached hydrogens (tertiary/aromatic N) is 1. The lowest BCUT2D eigenvalue weighted by Crippen LogP contribution is -2.19. The second-order valence-corrected chi connectivity index (χ2v) is 8.13. The number of ether oxygens (including phenoxy) is 3. The first-order chi connectivity index (χ1) is 14.5. The first-order valence-electron chi connectivity index (χ1n) is 9.00. The zero-order chi connectivity index (χ0) is 21.5. The van der Waals surface area contributed by atoms with Gasteiger partial charge in [0.15, 0.2) is 16.7 Å². The van der Waals surface area contributed by atoms with Gasteiger partial charge in [-0.1, -0.05) is 5.92 Å². The Hall–Kier alpha value is -2.64. The van der Waals surface area contributed by atoms with Crippen molar-refractivity contribution < 1.29 is 19.0 Å². The van der Waals surface area contributed by atoms with E-state index < -0.39 is 0 Å². The van der Waals surface area contributed by atoms with Crippen LogP contribution in [0.25, 0.3) is 6.08 Å². The van der Waals surface area contributed by atoms with Gasteiger partial charge in [0.1, 0.15) is 12.4 Å². The van der Waals surface area contributed by atoms with Crippen LogP contribution in [0.15, 0.2) is 46.3 Å². The summed E-state index contributed by atoms with van der Waals surface area (Å²) in [7, 11) is 1.61. The summed E-state index contributed by atoms with van der Waals surface area (Å²) in [5.74, 6) is 4.18. The number of methoxy groups -OCH3 is 1. The van der Waals surface area contributed by atoms with E-state index in [2.05, 4.69) is 38.8 Å². The average molecular weight is 534 g/mol. The van der Waals surface area contributed by atoms with E-state index in [1.165, 1.54) is 11.8 Å². The summed E-state index contributed by atoms with van der Waals surface area (Å²) in [6.45, 7) is 2.53. The Balaban J connectivity index is 1.84. The van der Waals surface area contributed by atoms with Crippen molar-refractivity contribution in [2.75, 3.05) is 20.3 Å². The molecule has 30 heavy (non-hydrogen) atoms. The van der Waals surface area contributed by atoms with Crippen LogP contribution >= 0.6 is 34.4 Å². The molecule has 1 aliphatic rings. The molecule has 0 bridgehead atoms. The molecule has 3 rings (SSSR count). The van der Waals surface area contributed by atoms with Gasteiger partial charge >= 0.3 is 0 Å². The molecular formula is C22H19IN2O4S. The fraction of sp³-hybridized carbons (Fsp3) is 0.182. The van der Waals surface area contributed by atoms with Crippen LogP contribution in [0.1, 0.15) is 12.5 Å². The molecule has 0 radical (unpaired) electrons. The lowest BCUT2D eigenvalue weighted by molar-refractivity contribution is -0.115. The maximum atomic E-state index is 12.4. The molecule has 1 heterocycles. The second kappa shape index (κ2) is 10.4. The van der Waals surface area contributed by atoms with Crippen molar-refractivity contribution in [1.82, 2.24) is 5.32 Å². The number of carbonyl (C=O) groups is 1. The number of benzene rings is 2. The molecule has 1 saturated heterocycles. The van der Waals surface area contributed by atoms with Crippen LogP contribution in [0.5, 0.6) is 17.2 Å². The Bertz CT molecular complexity index is 1040. The van der Waals surface area contributed by atoms with E-state index in [-0.39, 0.29) is 12.5 Å². The Morgan fingerprint density at radius 3 is 2.70 bits per heavy atom. The Morgan fingerprint density at radius 2 is 2.03 bits per heavy atom. The van der Waals surface area contributed by atoms with E-state index in [1.54, 1.807) is 13.2 Å². The summed E-state index contributed by atoms with van der Waals surface area (Å²) >= 11 is 3.44. The van der Waals surface area contributed by atoms with E-state index >= 15 is 0 Å². The third-order valence-corrected chi connectivity index (χ3v) is 5.59. The molecular weight excluding hydrogens is 515 g/mol. The number of terminal acetylenes is 1. The molecule has 1 N–H and O–H groups in total. The van der Waals surface area contributed by atoms with Crippen LogP contribution in [0.4, 0.5) is 5.69 Å². The second-order valence-electron chi connectivity index (χ2n) is 5.94. The van der Waals surface area contributed by atoms with E-state index in [9.17, 15) is 4.79 Å². The highest BCUT2D eigenvalue weighted by atomic mass is 127. The van der Waals surface area contributed by atoms with Gasteiger partial charge in [-0.25, -0.2) is 4.99 Å². The summed E-state index contributed by atoms with van der Waals surface area (Å²) in [5, 5.41) is 3.31. The number of hydrogen-bond donors (Lipinski definition) is 1. The van der Waals surface area contributed by atoms with E-state index in [0.29, 0.717) is 28.2 Å². The van der Waals surface area contributed by atoms with Crippen LogP contribution in [0, 0.1) is 15.9 Å².